The van der Waals surface area contributed by atoms with Crippen molar-refractivity contribution in [2.45, 2.75) is 0 Å². The van der Waals surface area contributed by atoms with Crippen LogP contribution in [0.2, 0.25) is 0 Å². The van der Waals surface area contributed by atoms with Crippen LogP contribution in [-0.2, 0) is 9.53 Å². The van der Waals surface area contributed by atoms with Crippen molar-refractivity contribution in [3.8, 4) is 17.3 Å². The number of anilines is 4. The number of amides is 1. The number of nitrogens with zero attached hydrogens (tertiary/aromatic N) is 4. The van der Waals surface area contributed by atoms with Crippen molar-refractivity contribution in [3.63, 3.8) is 0 Å². The summed E-state index contributed by atoms with van der Waals surface area (Å²) in [7, 11) is 0. The molecule has 2 heterocycles. The second-order valence-electron chi connectivity index (χ2n) is 7.35. The van der Waals surface area contributed by atoms with E-state index in [4.69, 9.17) is 4.74 Å². The van der Waals surface area contributed by atoms with Crippen LogP contribution in [0, 0.1) is 23.0 Å². The van der Waals surface area contributed by atoms with E-state index in [9.17, 15) is 18.8 Å². The number of rotatable bonds is 6. The zero-order valence-corrected chi connectivity index (χ0v) is 18.0. The van der Waals surface area contributed by atoms with Gasteiger partial charge in [0.1, 0.15) is 17.7 Å². The fourth-order valence-corrected chi connectivity index (χ4v) is 3.46. The smallest absolute Gasteiger partial charge is 0.247 e. The first-order chi connectivity index (χ1) is 16.5. The summed E-state index contributed by atoms with van der Waals surface area (Å²) in [6.45, 7) is 5.54. The number of benzene rings is 2. The number of carbonyl (C=O) groups excluding carboxylic acids is 1. The predicted molar refractivity (Wildman–Crippen MR) is 124 cm³/mol. The van der Waals surface area contributed by atoms with Crippen LogP contribution in [0.25, 0.3) is 11.3 Å². The lowest BCUT2D eigenvalue weighted by Crippen LogP contribution is -2.36. The van der Waals surface area contributed by atoms with Crippen molar-refractivity contribution >= 4 is 28.9 Å². The molecule has 2 N–H and O–H groups in total. The Morgan fingerprint density at radius 1 is 1.18 bits per heavy atom. The largest absolute Gasteiger partial charge is 0.378 e. The first-order valence-corrected chi connectivity index (χ1v) is 10.4. The number of halogens is 2. The monoisotopic (exact) mass is 462 g/mol. The third kappa shape index (κ3) is 5.00. The number of nitrogens with one attached hydrogen (secondary N) is 2. The van der Waals surface area contributed by atoms with Crippen molar-refractivity contribution in [2.75, 3.05) is 41.8 Å². The van der Waals surface area contributed by atoms with Gasteiger partial charge in [-0.1, -0.05) is 6.58 Å². The van der Waals surface area contributed by atoms with Gasteiger partial charge in [0.15, 0.2) is 0 Å². The third-order valence-electron chi connectivity index (χ3n) is 5.15. The van der Waals surface area contributed by atoms with Gasteiger partial charge in [0.25, 0.3) is 0 Å². The average molecular weight is 462 g/mol. The Morgan fingerprint density at radius 3 is 2.68 bits per heavy atom. The highest BCUT2D eigenvalue weighted by Crippen LogP contribution is 2.29. The molecular weight excluding hydrogens is 442 g/mol. The molecular formula is C24H20F2N6O2. The van der Waals surface area contributed by atoms with Crippen LogP contribution in [0.4, 0.5) is 31.8 Å². The van der Waals surface area contributed by atoms with Gasteiger partial charge >= 0.3 is 0 Å². The second-order valence-corrected chi connectivity index (χ2v) is 7.35. The second kappa shape index (κ2) is 10.1. The van der Waals surface area contributed by atoms with Crippen molar-refractivity contribution < 1.29 is 18.3 Å². The summed E-state index contributed by atoms with van der Waals surface area (Å²) >= 11 is 0. The van der Waals surface area contributed by atoms with Gasteiger partial charge in [0.05, 0.1) is 42.0 Å². The molecule has 0 unspecified atom stereocenters. The molecule has 8 nitrogen and oxygen atoms in total. The number of aromatic nitrogens is 2. The Kier molecular flexibility index (Phi) is 6.75. The van der Waals surface area contributed by atoms with E-state index in [0.717, 1.165) is 6.08 Å². The number of hydrogen-bond acceptors (Lipinski definition) is 7. The maximum absolute atomic E-state index is 14.4. The molecule has 0 radical (unpaired) electrons. The molecule has 4 rings (SSSR count). The minimum Gasteiger partial charge on any atom is -0.378 e. The molecule has 172 valence electrons. The molecule has 1 fully saturated rings. The molecule has 1 aromatic heterocycles. The molecule has 1 saturated heterocycles. The van der Waals surface area contributed by atoms with E-state index in [0.29, 0.717) is 43.2 Å². The van der Waals surface area contributed by atoms with Gasteiger partial charge in [-0.15, -0.1) is 0 Å². The first-order valence-electron chi connectivity index (χ1n) is 10.4. The van der Waals surface area contributed by atoms with Crippen molar-refractivity contribution in [1.82, 2.24) is 9.97 Å². The van der Waals surface area contributed by atoms with E-state index < -0.39 is 11.7 Å². The molecule has 2 aromatic carbocycles. The lowest BCUT2D eigenvalue weighted by atomic mass is 10.1. The van der Waals surface area contributed by atoms with Gasteiger partial charge in [-0.25, -0.2) is 18.7 Å². The maximum Gasteiger partial charge on any atom is 0.247 e. The van der Waals surface area contributed by atoms with E-state index in [2.05, 4.69) is 27.2 Å². The highest BCUT2D eigenvalue weighted by molar-refractivity contribution is 5.99. The van der Waals surface area contributed by atoms with Gasteiger partial charge in [-0.3, -0.25) is 4.79 Å². The molecule has 10 heteroatoms. The van der Waals surface area contributed by atoms with E-state index in [1.54, 1.807) is 12.1 Å². The average Bonchev–Trinajstić information content (AvgIpc) is 2.87. The standard InChI is InChI=1S/C24H20F2N6O2/c1-2-22(33)30-20-11-15(3-5-18(20)25)23-16(13-27)14-28-24(31-23)29-17-4-6-19(26)21(12-17)32-7-9-34-10-8-32/h2-6,11-12,14H,1,7-10H2,(H,30,33)(H,28,29,31). The molecule has 0 atom stereocenters. The Hall–Kier alpha value is -4.36. The van der Waals surface area contributed by atoms with Gasteiger partial charge in [0.2, 0.25) is 11.9 Å². The molecule has 1 amide bonds. The predicted octanol–water partition coefficient (Wildman–Crippen LogP) is 4.00. The molecule has 0 spiro atoms. The van der Waals surface area contributed by atoms with Crippen LogP contribution < -0.4 is 15.5 Å². The van der Waals surface area contributed by atoms with Gasteiger partial charge < -0.3 is 20.3 Å². The number of morpholine rings is 1. The van der Waals surface area contributed by atoms with Crippen LogP contribution in [0.15, 0.2) is 55.3 Å². The summed E-state index contributed by atoms with van der Waals surface area (Å²) in [6.07, 6.45) is 2.36. The molecule has 1 aliphatic heterocycles. The van der Waals surface area contributed by atoms with Gasteiger partial charge in [-0.05, 0) is 42.5 Å². The number of nitriles is 1. The molecule has 1 aliphatic rings. The minimum atomic E-state index is -0.646. The summed E-state index contributed by atoms with van der Waals surface area (Å²) in [5.41, 5.74) is 1.71. The Bertz CT molecular complexity index is 1280. The van der Waals surface area contributed by atoms with Gasteiger partial charge in [-0.2, -0.15) is 5.26 Å². The fraction of sp³-hybridized carbons (Fsp3) is 0.167. The molecule has 0 saturated carbocycles. The van der Waals surface area contributed by atoms with Crippen LogP contribution in [0.1, 0.15) is 5.56 Å². The Labute approximate surface area is 194 Å². The quantitative estimate of drug-likeness (QED) is 0.534. The summed E-state index contributed by atoms with van der Waals surface area (Å²) in [5.74, 6) is -1.41. The van der Waals surface area contributed by atoms with Crippen LogP contribution in [0.5, 0.6) is 0 Å². The molecule has 0 aliphatic carbocycles. The van der Waals surface area contributed by atoms with Crippen molar-refractivity contribution in [2.24, 2.45) is 0 Å². The molecule has 0 bridgehead atoms. The van der Waals surface area contributed by atoms with Crippen LogP contribution in [-0.4, -0.2) is 42.2 Å². The molecule has 34 heavy (non-hydrogen) atoms. The number of carbonyl (C=O) groups is 1. The van der Waals surface area contributed by atoms with Crippen molar-refractivity contribution in [1.29, 1.82) is 5.26 Å². The fourth-order valence-electron chi connectivity index (χ4n) is 3.46. The maximum atomic E-state index is 14.4. The SMILES string of the molecule is C=CC(=O)Nc1cc(-c2nc(Nc3ccc(F)c(N4CCOCC4)c3)ncc2C#N)ccc1F. The first kappa shape index (κ1) is 22.8. The summed E-state index contributed by atoms with van der Waals surface area (Å²) < 4.78 is 33.9. The van der Waals surface area contributed by atoms with E-state index in [1.165, 1.54) is 30.5 Å². The zero-order valence-electron chi connectivity index (χ0n) is 18.0. The summed E-state index contributed by atoms with van der Waals surface area (Å²) in [4.78, 5) is 22.1. The summed E-state index contributed by atoms with van der Waals surface area (Å²) in [6, 6.07) is 10.6. The zero-order chi connectivity index (χ0) is 24.1. The number of hydrogen-bond donors (Lipinski definition) is 2. The third-order valence-corrected chi connectivity index (χ3v) is 5.15. The lowest BCUT2D eigenvalue weighted by molar-refractivity contribution is -0.111. The Morgan fingerprint density at radius 2 is 1.94 bits per heavy atom. The lowest BCUT2D eigenvalue weighted by Gasteiger charge is -2.29. The van der Waals surface area contributed by atoms with E-state index in [1.807, 2.05) is 11.0 Å². The van der Waals surface area contributed by atoms with Gasteiger partial charge in [0, 0.05) is 24.3 Å². The van der Waals surface area contributed by atoms with E-state index >= 15 is 0 Å². The summed E-state index contributed by atoms with van der Waals surface area (Å²) in [5, 5.41) is 14.9. The minimum absolute atomic E-state index is 0.0758. The van der Waals surface area contributed by atoms with Crippen molar-refractivity contribution in [3.05, 3.63) is 72.4 Å². The topological polar surface area (TPSA) is 103 Å². The molecule has 3 aromatic rings. The van der Waals surface area contributed by atoms with E-state index in [-0.39, 0.29) is 28.7 Å². The van der Waals surface area contributed by atoms with Crippen LogP contribution in [0.3, 0.4) is 0 Å². The highest BCUT2D eigenvalue weighted by atomic mass is 19.1. The van der Waals surface area contributed by atoms with Crippen LogP contribution >= 0.6 is 0 Å². The highest BCUT2D eigenvalue weighted by Gasteiger charge is 2.17. The normalized spacial score (nSPS) is 13.1. The Balaban J connectivity index is 1.65. The number of ether oxygens (including phenoxy) is 1.